The zero-order chi connectivity index (χ0) is 14.5. The zero-order valence-corrected chi connectivity index (χ0v) is 12.2. The molecule has 6 heteroatoms. The number of rotatable bonds is 1. The number of hydrogen-bond donors (Lipinski definition) is 0. The summed E-state index contributed by atoms with van der Waals surface area (Å²) in [6, 6.07) is 1.80. The van der Waals surface area contributed by atoms with Crippen molar-refractivity contribution in [3.63, 3.8) is 0 Å². The summed E-state index contributed by atoms with van der Waals surface area (Å²) < 4.78 is 6.66. The number of nitrogens with zero attached hydrogens (tertiary/aromatic N) is 4. The Morgan fingerprint density at radius 1 is 1.40 bits per heavy atom. The molecule has 2 aromatic rings. The summed E-state index contributed by atoms with van der Waals surface area (Å²) in [5, 5.41) is 4.34. The van der Waals surface area contributed by atoms with Crippen LogP contribution in [-0.2, 0) is 11.2 Å². The summed E-state index contributed by atoms with van der Waals surface area (Å²) in [5.41, 5.74) is 1.95. The first-order valence-corrected chi connectivity index (χ1v) is 6.66. The summed E-state index contributed by atoms with van der Waals surface area (Å²) in [7, 11) is 1.38. The van der Waals surface area contributed by atoms with E-state index in [9.17, 15) is 4.79 Å². The van der Waals surface area contributed by atoms with Gasteiger partial charge in [-0.25, -0.2) is 9.78 Å². The summed E-state index contributed by atoms with van der Waals surface area (Å²) in [6.45, 7) is 7.30. The lowest BCUT2D eigenvalue weighted by Gasteiger charge is -2.34. The average Bonchev–Trinajstić information content (AvgIpc) is 3.00. The summed E-state index contributed by atoms with van der Waals surface area (Å²) in [6.07, 6.45) is 2.47. The van der Waals surface area contributed by atoms with Gasteiger partial charge in [0.15, 0.2) is 11.3 Å². The van der Waals surface area contributed by atoms with Gasteiger partial charge >= 0.3 is 5.97 Å². The quantitative estimate of drug-likeness (QED) is 0.740. The fourth-order valence-corrected chi connectivity index (χ4v) is 2.72. The summed E-state index contributed by atoms with van der Waals surface area (Å²) in [5.74, 6) is 0.564. The highest BCUT2D eigenvalue weighted by atomic mass is 16.5. The molecule has 0 amide bonds. The van der Waals surface area contributed by atoms with Crippen molar-refractivity contribution in [1.29, 1.82) is 0 Å². The molecule has 106 valence electrons. The number of anilines is 1. The van der Waals surface area contributed by atoms with Crippen LogP contribution in [0.4, 0.5) is 5.82 Å². The van der Waals surface area contributed by atoms with E-state index in [0.717, 1.165) is 24.3 Å². The molecule has 0 bridgehead atoms. The second-order valence-corrected chi connectivity index (χ2v) is 5.93. The van der Waals surface area contributed by atoms with Crippen LogP contribution in [0.1, 0.15) is 36.8 Å². The van der Waals surface area contributed by atoms with Crippen LogP contribution < -0.4 is 4.90 Å². The lowest BCUT2D eigenvalue weighted by atomic mass is 10.1. The smallest absolute Gasteiger partial charge is 0.357 e. The van der Waals surface area contributed by atoms with Crippen LogP contribution in [0.2, 0.25) is 0 Å². The van der Waals surface area contributed by atoms with Crippen LogP contribution in [0.15, 0.2) is 12.3 Å². The molecule has 0 N–H and O–H groups in total. The molecule has 3 rings (SSSR count). The van der Waals surface area contributed by atoms with Gasteiger partial charge in [-0.3, -0.25) is 0 Å². The normalized spacial score (nSPS) is 14.7. The molecule has 0 atom stereocenters. The maximum Gasteiger partial charge on any atom is 0.357 e. The van der Waals surface area contributed by atoms with Crippen LogP contribution in [0, 0.1) is 0 Å². The van der Waals surface area contributed by atoms with E-state index in [4.69, 9.17) is 4.74 Å². The summed E-state index contributed by atoms with van der Waals surface area (Å²) >= 11 is 0. The van der Waals surface area contributed by atoms with Gasteiger partial charge in [0.25, 0.3) is 0 Å². The number of aromatic nitrogens is 3. The molecule has 0 spiro atoms. The van der Waals surface area contributed by atoms with Gasteiger partial charge in [0.2, 0.25) is 0 Å². The van der Waals surface area contributed by atoms with Crippen molar-refractivity contribution in [2.24, 2.45) is 0 Å². The maximum absolute atomic E-state index is 12.0. The highest BCUT2D eigenvalue weighted by molar-refractivity contribution is 5.91. The molecule has 0 aliphatic carbocycles. The Balaban J connectivity index is 2.30. The van der Waals surface area contributed by atoms with E-state index in [2.05, 4.69) is 35.8 Å². The van der Waals surface area contributed by atoms with Gasteiger partial charge in [0.1, 0.15) is 5.82 Å². The van der Waals surface area contributed by atoms with Crippen LogP contribution >= 0.6 is 0 Å². The number of carbonyl (C=O) groups excluding carboxylic acids is 1. The molecule has 0 aromatic carbocycles. The molecule has 0 unspecified atom stereocenters. The Bertz CT molecular complexity index is 684. The number of ether oxygens (including phenoxy) is 1. The highest BCUT2D eigenvalue weighted by Gasteiger charge is 2.35. The van der Waals surface area contributed by atoms with Crippen LogP contribution in [0.5, 0.6) is 0 Å². The fourth-order valence-electron chi connectivity index (χ4n) is 2.72. The van der Waals surface area contributed by atoms with Crippen LogP contribution in [-0.4, -0.2) is 39.8 Å². The van der Waals surface area contributed by atoms with Gasteiger partial charge in [-0.15, -0.1) is 0 Å². The van der Waals surface area contributed by atoms with E-state index in [1.165, 1.54) is 7.11 Å². The zero-order valence-electron chi connectivity index (χ0n) is 12.2. The first kappa shape index (κ1) is 12.9. The molecule has 0 saturated carbocycles. The van der Waals surface area contributed by atoms with E-state index in [1.54, 1.807) is 16.8 Å². The predicted octanol–water partition coefficient (Wildman–Crippen LogP) is 1.68. The second-order valence-electron chi connectivity index (χ2n) is 5.93. The Morgan fingerprint density at radius 3 is 2.80 bits per heavy atom. The van der Waals surface area contributed by atoms with Crippen LogP contribution in [0.3, 0.4) is 0 Å². The Hall–Kier alpha value is -2.11. The minimum Gasteiger partial charge on any atom is -0.464 e. The van der Waals surface area contributed by atoms with E-state index in [0.29, 0.717) is 11.3 Å². The number of fused-ring (bicyclic) bond motifs is 3. The van der Waals surface area contributed by atoms with Crippen molar-refractivity contribution in [2.75, 3.05) is 18.6 Å². The molecule has 0 radical (unpaired) electrons. The lowest BCUT2D eigenvalue weighted by Crippen LogP contribution is -2.41. The lowest BCUT2D eigenvalue weighted by molar-refractivity contribution is 0.0593. The van der Waals surface area contributed by atoms with Crippen LogP contribution in [0.25, 0.3) is 5.65 Å². The number of hydrogen-bond acceptors (Lipinski definition) is 5. The van der Waals surface area contributed by atoms with Crippen molar-refractivity contribution >= 4 is 17.4 Å². The third-order valence-electron chi connectivity index (χ3n) is 3.64. The number of carbonyl (C=O) groups is 1. The monoisotopic (exact) mass is 274 g/mol. The van der Waals surface area contributed by atoms with Gasteiger partial charge in [-0.05, 0) is 27.2 Å². The topological polar surface area (TPSA) is 59.7 Å². The molecule has 6 nitrogen and oxygen atoms in total. The molecule has 1 aliphatic rings. The van der Waals surface area contributed by atoms with E-state index in [-0.39, 0.29) is 11.5 Å². The van der Waals surface area contributed by atoms with Gasteiger partial charge in [-0.2, -0.15) is 9.61 Å². The Morgan fingerprint density at radius 2 is 2.15 bits per heavy atom. The molecule has 0 fully saturated rings. The van der Waals surface area contributed by atoms with Gasteiger partial charge in [0, 0.05) is 23.7 Å². The van der Waals surface area contributed by atoms with E-state index < -0.39 is 0 Å². The van der Waals surface area contributed by atoms with Crippen molar-refractivity contribution < 1.29 is 9.53 Å². The number of methoxy groups -OCH3 is 1. The van der Waals surface area contributed by atoms with Gasteiger partial charge in [-0.1, -0.05) is 0 Å². The largest absolute Gasteiger partial charge is 0.464 e. The molecule has 1 aliphatic heterocycles. The van der Waals surface area contributed by atoms with Gasteiger partial charge < -0.3 is 9.64 Å². The minimum absolute atomic E-state index is 0.0428. The molecule has 3 heterocycles. The van der Waals surface area contributed by atoms with Crippen molar-refractivity contribution in [3.05, 3.63) is 23.5 Å². The van der Waals surface area contributed by atoms with Crippen molar-refractivity contribution in [2.45, 2.75) is 32.7 Å². The maximum atomic E-state index is 12.0. The van der Waals surface area contributed by atoms with Crippen molar-refractivity contribution in [3.8, 4) is 0 Å². The fraction of sp³-hybridized carbons (Fsp3) is 0.500. The van der Waals surface area contributed by atoms with E-state index >= 15 is 0 Å². The standard InChI is InChI=1S/C14H18N4O2/c1-14(2,3)17-8-6-9-11(13(19)20-4)16-10-5-7-15-18(10)12(9)17/h5,7H,6,8H2,1-4H3. The average molecular weight is 274 g/mol. The van der Waals surface area contributed by atoms with Crippen molar-refractivity contribution in [1.82, 2.24) is 14.6 Å². The summed E-state index contributed by atoms with van der Waals surface area (Å²) in [4.78, 5) is 18.6. The molecule has 0 saturated heterocycles. The minimum atomic E-state index is -0.388. The highest BCUT2D eigenvalue weighted by Crippen LogP contribution is 2.35. The van der Waals surface area contributed by atoms with E-state index in [1.807, 2.05) is 0 Å². The molecule has 20 heavy (non-hydrogen) atoms. The van der Waals surface area contributed by atoms with Gasteiger partial charge in [0.05, 0.1) is 13.3 Å². The second kappa shape index (κ2) is 4.19. The SMILES string of the molecule is COC(=O)c1nc2ccnn2c2c1CCN2C(C)(C)C. The molecule has 2 aromatic heterocycles. The first-order chi connectivity index (χ1) is 9.43. The molecular formula is C14H18N4O2. The predicted molar refractivity (Wildman–Crippen MR) is 75.1 cm³/mol. The number of esters is 1. The third-order valence-corrected chi connectivity index (χ3v) is 3.64. The Kier molecular flexibility index (Phi) is 2.70. The third kappa shape index (κ3) is 1.75. The first-order valence-electron chi connectivity index (χ1n) is 6.66. The molecular weight excluding hydrogens is 256 g/mol. The Labute approximate surface area is 117 Å².